The second-order valence-electron chi connectivity index (χ2n) is 3.78. The Bertz CT molecular complexity index is 439. The van der Waals surface area contributed by atoms with E-state index in [0.29, 0.717) is 6.61 Å². The molecule has 0 saturated carbocycles. The van der Waals surface area contributed by atoms with Gasteiger partial charge in [0.25, 0.3) is 0 Å². The van der Waals surface area contributed by atoms with Crippen molar-refractivity contribution in [3.63, 3.8) is 0 Å². The third-order valence-corrected chi connectivity index (χ3v) is 3.23. The summed E-state index contributed by atoms with van der Waals surface area (Å²) in [5.41, 5.74) is 2.55. The van der Waals surface area contributed by atoms with Gasteiger partial charge in [-0.15, -0.1) is 0 Å². The second kappa shape index (κ2) is 6.42. The van der Waals surface area contributed by atoms with Gasteiger partial charge < -0.3 is 10.1 Å². The number of hydrogen-bond acceptors (Lipinski definition) is 3. The largest absolute Gasteiger partial charge is 0.494 e. The minimum atomic E-state index is 0.710. The van der Waals surface area contributed by atoms with Crippen molar-refractivity contribution in [2.75, 3.05) is 6.61 Å². The fourth-order valence-corrected chi connectivity index (χ4v) is 2.35. The van der Waals surface area contributed by atoms with Gasteiger partial charge >= 0.3 is 0 Å². The SMILES string of the molecule is CCOc1ccccc1CNCc1ccsc1. The number of ether oxygens (including phenoxy) is 1. The van der Waals surface area contributed by atoms with Gasteiger partial charge in [0.1, 0.15) is 5.75 Å². The number of rotatable bonds is 6. The second-order valence-corrected chi connectivity index (χ2v) is 4.56. The van der Waals surface area contributed by atoms with Crippen LogP contribution in [0, 0.1) is 0 Å². The third kappa shape index (κ3) is 3.58. The Morgan fingerprint density at radius 3 is 2.82 bits per heavy atom. The van der Waals surface area contributed by atoms with E-state index in [1.54, 1.807) is 11.3 Å². The molecule has 0 radical (unpaired) electrons. The molecule has 0 amide bonds. The average molecular weight is 247 g/mol. The van der Waals surface area contributed by atoms with Gasteiger partial charge in [0.15, 0.2) is 0 Å². The fraction of sp³-hybridized carbons (Fsp3) is 0.286. The smallest absolute Gasteiger partial charge is 0.123 e. The van der Waals surface area contributed by atoms with Gasteiger partial charge in [0, 0.05) is 18.7 Å². The minimum absolute atomic E-state index is 0.710. The molecule has 17 heavy (non-hydrogen) atoms. The molecule has 1 aromatic carbocycles. The molecular formula is C14H17NOS. The van der Waals surface area contributed by atoms with Crippen LogP contribution in [0.25, 0.3) is 0 Å². The highest BCUT2D eigenvalue weighted by molar-refractivity contribution is 7.07. The van der Waals surface area contributed by atoms with E-state index in [-0.39, 0.29) is 0 Å². The monoisotopic (exact) mass is 247 g/mol. The highest BCUT2D eigenvalue weighted by Gasteiger charge is 2.01. The van der Waals surface area contributed by atoms with Crippen LogP contribution >= 0.6 is 11.3 Å². The first-order valence-corrected chi connectivity index (χ1v) is 6.77. The lowest BCUT2D eigenvalue weighted by Crippen LogP contribution is -2.13. The van der Waals surface area contributed by atoms with Crippen LogP contribution in [0.2, 0.25) is 0 Å². The number of thiophene rings is 1. The predicted molar refractivity (Wildman–Crippen MR) is 72.5 cm³/mol. The lowest BCUT2D eigenvalue weighted by atomic mass is 10.2. The average Bonchev–Trinajstić information content (AvgIpc) is 2.85. The summed E-state index contributed by atoms with van der Waals surface area (Å²) in [4.78, 5) is 0. The normalized spacial score (nSPS) is 10.4. The van der Waals surface area contributed by atoms with E-state index in [9.17, 15) is 0 Å². The van der Waals surface area contributed by atoms with Crippen LogP contribution in [-0.2, 0) is 13.1 Å². The Labute approximate surface area is 106 Å². The van der Waals surface area contributed by atoms with E-state index in [1.165, 1.54) is 11.1 Å². The lowest BCUT2D eigenvalue weighted by molar-refractivity contribution is 0.335. The Hall–Kier alpha value is -1.32. The van der Waals surface area contributed by atoms with E-state index >= 15 is 0 Å². The fourth-order valence-electron chi connectivity index (χ4n) is 1.68. The van der Waals surface area contributed by atoms with E-state index in [2.05, 4.69) is 28.2 Å². The zero-order chi connectivity index (χ0) is 11.9. The summed E-state index contributed by atoms with van der Waals surface area (Å²) in [6.45, 7) is 4.47. The van der Waals surface area contributed by atoms with Crippen LogP contribution in [0.1, 0.15) is 18.1 Å². The molecule has 1 N–H and O–H groups in total. The van der Waals surface area contributed by atoms with Gasteiger partial charge in [-0.05, 0) is 35.4 Å². The Morgan fingerprint density at radius 2 is 2.06 bits per heavy atom. The Kier molecular flexibility index (Phi) is 4.59. The Morgan fingerprint density at radius 1 is 1.18 bits per heavy atom. The van der Waals surface area contributed by atoms with Crippen molar-refractivity contribution in [2.24, 2.45) is 0 Å². The molecule has 0 aliphatic carbocycles. The summed E-state index contributed by atoms with van der Waals surface area (Å²) < 4.78 is 5.59. The summed E-state index contributed by atoms with van der Waals surface area (Å²) in [5.74, 6) is 0.979. The van der Waals surface area contributed by atoms with E-state index in [4.69, 9.17) is 4.74 Å². The standard InChI is InChI=1S/C14H17NOS/c1-2-16-14-6-4-3-5-13(14)10-15-9-12-7-8-17-11-12/h3-8,11,15H,2,9-10H2,1H3. The molecule has 0 atom stereocenters. The number of para-hydroxylation sites is 1. The van der Waals surface area contributed by atoms with Crippen molar-refractivity contribution in [1.82, 2.24) is 5.32 Å². The minimum Gasteiger partial charge on any atom is -0.494 e. The highest BCUT2D eigenvalue weighted by Crippen LogP contribution is 2.17. The predicted octanol–water partition coefficient (Wildman–Crippen LogP) is 3.44. The van der Waals surface area contributed by atoms with Crippen LogP contribution < -0.4 is 10.1 Å². The van der Waals surface area contributed by atoms with Crippen molar-refractivity contribution in [3.8, 4) is 5.75 Å². The summed E-state index contributed by atoms with van der Waals surface area (Å²) in [6.07, 6.45) is 0. The zero-order valence-electron chi connectivity index (χ0n) is 9.98. The van der Waals surface area contributed by atoms with Crippen molar-refractivity contribution in [1.29, 1.82) is 0 Å². The van der Waals surface area contributed by atoms with Crippen LogP contribution in [0.5, 0.6) is 5.75 Å². The maximum atomic E-state index is 5.59. The summed E-state index contributed by atoms with van der Waals surface area (Å²) in [6, 6.07) is 10.3. The van der Waals surface area contributed by atoms with Crippen LogP contribution in [0.3, 0.4) is 0 Å². The molecule has 2 aromatic rings. The van der Waals surface area contributed by atoms with E-state index < -0.39 is 0 Å². The topological polar surface area (TPSA) is 21.3 Å². The van der Waals surface area contributed by atoms with Gasteiger partial charge in [-0.2, -0.15) is 11.3 Å². The molecule has 2 nitrogen and oxygen atoms in total. The number of hydrogen-bond donors (Lipinski definition) is 1. The third-order valence-electron chi connectivity index (χ3n) is 2.50. The highest BCUT2D eigenvalue weighted by atomic mass is 32.1. The molecular weight excluding hydrogens is 230 g/mol. The first kappa shape index (κ1) is 12.1. The molecule has 0 unspecified atom stereocenters. The van der Waals surface area contributed by atoms with E-state index in [1.807, 2.05) is 25.1 Å². The number of benzene rings is 1. The maximum Gasteiger partial charge on any atom is 0.123 e. The first-order valence-electron chi connectivity index (χ1n) is 5.82. The van der Waals surface area contributed by atoms with Gasteiger partial charge in [0.05, 0.1) is 6.61 Å². The molecule has 90 valence electrons. The molecule has 0 aliphatic rings. The van der Waals surface area contributed by atoms with Crippen LogP contribution in [0.15, 0.2) is 41.1 Å². The molecule has 0 bridgehead atoms. The van der Waals surface area contributed by atoms with Crippen molar-refractivity contribution in [2.45, 2.75) is 20.0 Å². The molecule has 0 aliphatic heterocycles. The molecule has 1 aromatic heterocycles. The molecule has 3 heteroatoms. The lowest BCUT2D eigenvalue weighted by Gasteiger charge is -2.10. The summed E-state index contributed by atoms with van der Waals surface area (Å²) in [5, 5.41) is 7.70. The van der Waals surface area contributed by atoms with Crippen LogP contribution in [0.4, 0.5) is 0 Å². The molecule has 1 heterocycles. The quantitative estimate of drug-likeness (QED) is 0.844. The molecule has 0 fully saturated rings. The molecule has 2 rings (SSSR count). The van der Waals surface area contributed by atoms with Gasteiger partial charge in [-0.25, -0.2) is 0 Å². The summed E-state index contributed by atoms with van der Waals surface area (Å²) >= 11 is 1.73. The molecule has 0 spiro atoms. The van der Waals surface area contributed by atoms with Gasteiger partial charge in [-0.1, -0.05) is 18.2 Å². The van der Waals surface area contributed by atoms with Crippen molar-refractivity contribution >= 4 is 11.3 Å². The van der Waals surface area contributed by atoms with Gasteiger partial charge in [-0.3, -0.25) is 0 Å². The van der Waals surface area contributed by atoms with E-state index in [0.717, 1.165) is 18.8 Å². The van der Waals surface area contributed by atoms with Crippen molar-refractivity contribution < 1.29 is 4.74 Å². The zero-order valence-corrected chi connectivity index (χ0v) is 10.8. The van der Waals surface area contributed by atoms with Gasteiger partial charge in [0.2, 0.25) is 0 Å². The Balaban J connectivity index is 1.89. The molecule has 0 saturated heterocycles. The van der Waals surface area contributed by atoms with Crippen molar-refractivity contribution in [3.05, 3.63) is 52.2 Å². The van der Waals surface area contributed by atoms with Crippen LogP contribution in [-0.4, -0.2) is 6.61 Å². The number of nitrogens with one attached hydrogen (secondary N) is 1. The first-order chi connectivity index (χ1) is 8.40. The summed E-state index contributed by atoms with van der Waals surface area (Å²) in [7, 11) is 0. The maximum absolute atomic E-state index is 5.59.